The fourth-order valence-corrected chi connectivity index (χ4v) is 1.22. The molecule has 0 radical (unpaired) electrons. The molecule has 0 aromatic carbocycles. The molecule has 0 saturated carbocycles. The number of carbonyl (C=O) groups is 1. The van der Waals surface area contributed by atoms with E-state index in [1.807, 2.05) is 20.8 Å². The van der Waals surface area contributed by atoms with Crippen LogP contribution >= 0.6 is 0 Å². The molecule has 0 rings (SSSR count). The van der Waals surface area contributed by atoms with Gasteiger partial charge < -0.3 is 5.73 Å². The first-order chi connectivity index (χ1) is 6.04. The molecule has 0 heterocycles. The second-order valence-electron chi connectivity index (χ2n) is 2.89. The Morgan fingerprint density at radius 3 is 2.31 bits per heavy atom. The number of rotatable bonds is 4. The Labute approximate surface area is 79.8 Å². The van der Waals surface area contributed by atoms with E-state index >= 15 is 0 Å². The van der Waals surface area contributed by atoms with Crippen molar-refractivity contribution in [2.75, 3.05) is 0 Å². The van der Waals surface area contributed by atoms with Gasteiger partial charge in [-0.3, -0.25) is 4.79 Å². The van der Waals surface area contributed by atoms with E-state index in [0.29, 0.717) is 5.57 Å². The zero-order chi connectivity index (χ0) is 10.4. The van der Waals surface area contributed by atoms with Crippen molar-refractivity contribution in [1.82, 2.24) is 0 Å². The molecular weight excluding hydrogens is 162 g/mol. The molecule has 0 bridgehead atoms. The smallest absolute Gasteiger partial charge is 0.248 e. The molecule has 13 heavy (non-hydrogen) atoms. The average Bonchev–Trinajstić information content (AvgIpc) is 2.03. The summed E-state index contributed by atoms with van der Waals surface area (Å²) in [6.45, 7) is 9.53. The normalized spacial score (nSPS) is 12.8. The summed E-state index contributed by atoms with van der Waals surface area (Å²) in [7, 11) is 0. The third kappa shape index (κ3) is 3.28. The number of hydrogen-bond donors (Lipinski definition) is 1. The van der Waals surface area contributed by atoms with Gasteiger partial charge in [0.1, 0.15) is 0 Å². The molecule has 0 aromatic heterocycles. The molecule has 0 aliphatic rings. The van der Waals surface area contributed by atoms with E-state index in [-0.39, 0.29) is 0 Å². The summed E-state index contributed by atoms with van der Waals surface area (Å²) in [5.74, 6) is -0.391. The number of allylic oxidation sites excluding steroid dienone is 3. The quantitative estimate of drug-likeness (QED) is 0.522. The largest absolute Gasteiger partial charge is 0.366 e. The Bertz CT molecular complexity index is 272. The van der Waals surface area contributed by atoms with Crippen LogP contribution in [0.3, 0.4) is 0 Å². The molecule has 0 atom stereocenters. The maximum Gasteiger partial charge on any atom is 0.248 e. The van der Waals surface area contributed by atoms with E-state index in [9.17, 15) is 4.79 Å². The van der Waals surface area contributed by atoms with Crippen LogP contribution in [0.1, 0.15) is 27.2 Å². The molecule has 2 heteroatoms. The van der Waals surface area contributed by atoms with Crippen LogP contribution < -0.4 is 5.73 Å². The summed E-state index contributed by atoms with van der Waals surface area (Å²) in [5.41, 5.74) is 7.65. The minimum atomic E-state index is -0.391. The lowest BCUT2D eigenvalue weighted by Gasteiger charge is -2.07. The van der Waals surface area contributed by atoms with E-state index in [0.717, 1.165) is 17.6 Å². The van der Waals surface area contributed by atoms with Gasteiger partial charge in [-0.25, -0.2) is 0 Å². The fourth-order valence-electron chi connectivity index (χ4n) is 1.22. The summed E-state index contributed by atoms with van der Waals surface area (Å²) in [6, 6.07) is 0. The highest BCUT2D eigenvalue weighted by Gasteiger charge is 2.07. The van der Waals surface area contributed by atoms with Crippen LogP contribution in [0.15, 0.2) is 35.5 Å². The lowest BCUT2D eigenvalue weighted by atomic mass is 9.99. The van der Waals surface area contributed by atoms with Gasteiger partial charge in [0.15, 0.2) is 0 Å². The van der Waals surface area contributed by atoms with Gasteiger partial charge in [-0.15, -0.1) is 0 Å². The number of primary amides is 1. The average molecular weight is 179 g/mol. The second-order valence-corrected chi connectivity index (χ2v) is 2.89. The van der Waals surface area contributed by atoms with Gasteiger partial charge in [-0.1, -0.05) is 31.2 Å². The first-order valence-corrected chi connectivity index (χ1v) is 4.36. The highest BCUT2D eigenvalue weighted by molar-refractivity contribution is 5.96. The van der Waals surface area contributed by atoms with Crippen molar-refractivity contribution in [3.63, 3.8) is 0 Å². The van der Waals surface area contributed by atoms with Crippen LogP contribution in [0, 0.1) is 0 Å². The second kappa shape index (κ2) is 5.36. The highest BCUT2D eigenvalue weighted by Crippen LogP contribution is 2.17. The molecule has 0 aromatic rings. The monoisotopic (exact) mass is 179 g/mol. The van der Waals surface area contributed by atoms with E-state index in [2.05, 4.69) is 6.58 Å². The van der Waals surface area contributed by atoms with Gasteiger partial charge in [0, 0.05) is 5.57 Å². The Morgan fingerprint density at radius 1 is 1.54 bits per heavy atom. The predicted molar refractivity (Wildman–Crippen MR) is 56.1 cm³/mol. The van der Waals surface area contributed by atoms with Crippen molar-refractivity contribution < 1.29 is 4.79 Å². The molecule has 0 aliphatic heterocycles. The number of amides is 1. The lowest BCUT2D eigenvalue weighted by molar-refractivity contribution is -0.114. The molecule has 2 N–H and O–H groups in total. The summed E-state index contributed by atoms with van der Waals surface area (Å²) < 4.78 is 0. The van der Waals surface area contributed by atoms with E-state index in [4.69, 9.17) is 5.73 Å². The summed E-state index contributed by atoms with van der Waals surface area (Å²) >= 11 is 0. The summed E-state index contributed by atoms with van der Waals surface area (Å²) in [4.78, 5) is 11.1. The van der Waals surface area contributed by atoms with Gasteiger partial charge in [0.25, 0.3) is 0 Å². The van der Waals surface area contributed by atoms with E-state index in [1.165, 1.54) is 0 Å². The van der Waals surface area contributed by atoms with Crippen LogP contribution in [0.5, 0.6) is 0 Å². The molecule has 1 amide bonds. The lowest BCUT2D eigenvalue weighted by Crippen LogP contribution is -2.14. The first-order valence-electron chi connectivity index (χ1n) is 4.36. The van der Waals surface area contributed by atoms with Gasteiger partial charge in [0.2, 0.25) is 5.91 Å². The maximum atomic E-state index is 11.1. The molecule has 72 valence electrons. The minimum Gasteiger partial charge on any atom is -0.366 e. The molecule has 0 fully saturated rings. The van der Waals surface area contributed by atoms with E-state index < -0.39 is 5.91 Å². The zero-order valence-corrected chi connectivity index (χ0v) is 8.55. The molecular formula is C11H17NO. The van der Waals surface area contributed by atoms with Crippen LogP contribution in [0.4, 0.5) is 0 Å². The van der Waals surface area contributed by atoms with Crippen molar-refractivity contribution in [1.29, 1.82) is 0 Å². The van der Waals surface area contributed by atoms with Crippen molar-refractivity contribution in [3.05, 3.63) is 35.5 Å². The van der Waals surface area contributed by atoms with Gasteiger partial charge in [0.05, 0.1) is 0 Å². The predicted octanol–water partition coefficient (Wildman–Crippen LogP) is 2.33. The molecule has 0 aliphatic carbocycles. The number of carbonyl (C=O) groups excluding carboxylic acids is 1. The Hall–Kier alpha value is -1.31. The Morgan fingerprint density at radius 2 is 2.08 bits per heavy atom. The Kier molecular flexibility index (Phi) is 4.82. The highest BCUT2D eigenvalue weighted by atomic mass is 16.1. The van der Waals surface area contributed by atoms with Crippen LogP contribution in [-0.4, -0.2) is 5.91 Å². The van der Waals surface area contributed by atoms with Crippen LogP contribution in [0.25, 0.3) is 0 Å². The standard InChI is InChI=1S/C11H17NO/c1-5-7-10(11(12)13)9(6-2)8(3)4/h5,7H,3,6H2,1-2,4H3,(H2,12,13)/b7-5-,10-9+. The van der Waals surface area contributed by atoms with Crippen LogP contribution in [0.2, 0.25) is 0 Å². The number of nitrogens with two attached hydrogens (primary N) is 1. The van der Waals surface area contributed by atoms with Gasteiger partial charge >= 0.3 is 0 Å². The SMILES string of the molecule is C=C(C)/C(CC)=C(\C=C/C)C(N)=O. The fraction of sp³-hybridized carbons (Fsp3) is 0.364. The number of hydrogen-bond acceptors (Lipinski definition) is 1. The van der Waals surface area contributed by atoms with Crippen molar-refractivity contribution >= 4 is 5.91 Å². The first kappa shape index (κ1) is 11.7. The van der Waals surface area contributed by atoms with Crippen molar-refractivity contribution in [3.8, 4) is 0 Å². The summed E-state index contributed by atoms with van der Waals surface area (Å²) in [6.07, 6.45) is 4.31. The van der Waals surface area contributed by atoms with Crippen molar-refractivity contribution in [2.24, 2.45) is 5.73 Å². The topological polar surface area (TPSA) is 43.1 Å². The maximum absolute atomic E-state index is 11.1. The van der Waals surface area contributed by atoms with Crippen molar-refractivity contribution in [2.45, 2.75) is 27.2 Å². The third-order valence-electron chi connectivity index (χ3n) is 1.79. The zero-order valence-electron chi connectivity index (χ0n) is 8.55. The van der Waals surface area contributed by atoms with Crippen LogP contribution in [-0.2, 0) is 4.79 Å². The molecule has 0 spiro atoms. The minimum absolute atomic E-state index is 0.391. The Balaban J connectivity index is 5.25. The van der Waals surface area contributed by atoms with E-state index in [1.54, 1.807) is 12.2 Å². The van der Waals surface area contributed by atoms with Gasteiger partial charge in [-0.05, 0) is 25.8 Å². The molecule has 2 nitrogen and oxygen atoms in total. The molecule has 0 unspecified atom stereocenters. The molecule has 0 saturated heterocycles. The third-order valence-corrected chi connectivity index (χ3v) is 1.79. The van der Waals surface area contributed by atoms with Gasteiger partial charge in [-0.2, -0.15) is 0 Å². The summed E-state index contributed by atoms with van der Waals surface area (Å²) in [5, 5.41) is 0.